The number of aliphatic hydroxyl groups excluding tert-OH is 1. The molecule has 1 fully saturated rings. The van der Waals surface area contributed by atoms with Gasteiger partial charge in [0.1, 0.15) is 5.76 Å². The van der Waals surface area contributed by atoms with Crippen molar-refractivity contribution in [2.75, 3.05) is 38.1 Å². The molecule has 1 aliphatic rings. The quantitative estimate of drug-likeness (QED) is 0.263. The zero-order valence-electron chi connectivity index (χ0n) is 21.0. The van der Waals surface area contributed by atoms with Crippen molar-refractivity contribution in [2.24, 2.45) is 0 Å². The molecule has 0 aliphatic carbocycles. The Morgan fingerprint density at radius 2 is 1.58 bits per heavy atom. The van der Waals surface area contributed by atoms with E-state index in [0.29, 0.717) is 11.3 Å². The molecule has 1 saturated heterocycles. The van der Waals surface area contributed by atoms with Gasteiger partial charge in [0.05, 0.1) is 31.4 Å². The number of ether oxygens (including phenoxy) is 2. The molecule has 38 heavy (non-hydrogen) atoms. The predicted octanol–water partition coefficient (Wildman–Crippen LogP) is 5.41. The van der Waals surface area contributed by atoms with Crippen molar-refractivity contribution in [3.05, 3.63) is 89.0 Å². The number of hydrogen-bond donors (Lipinski definition) is 1. The summed E-state index contributed by atoms with van der Waals surface area (Å²) in [5.74, 6) is -1.94. The summed E-state index contributed by atoms with van der Waals surface area (Å²) in [7, 11) is 6.51. The largest absolute Gasteiger partial charge is 0.507 e. The normalized spacial score (nSPS) is 17.0. The summed E-state index contributed by atoms with van der Waals surface area (Å²) in [5, 5.41) is 11.3. The molecule has 7 nitrogen and oxygen atoms in total. The zero-order valence-corrected chi connectivity index (χ0v) is 21.0. The maximum absolute atomic E-state index is 13.5. The van der Waals surface area contributed by atoms with Crippen molar-refractivity contribution < 1.29 is 37.3 Å². The van der Waals surface area contributed by atoms with Crippen LogP contribution in [0.2, 0.25) is 0 Å². The second-order valence-electron chi connectivity index (χ2n) is 8.77. The molecule has 3 aromatic carbocycles. The Bertz CT molecular complexity index is 1410. The molecular formula is C28H25F3N2O5. The number of hydrogen-bond acceptors (Lipinski definition) is 6. The highest BCUT2D eigenvalue weighted by atomic mass is 19.4. The number of nitrogens with zero attached hydrogens (tertiary/aromatic N) is 2. The van der Waals surface area contributed by atoms with Gasteiger partial charge in [-0.05, 0) is 54.1 Å². The third-order valence-corrected chi connectivity index (χ3v) is 6.28. The zero-order chi connectivity index (χ0) is 27.8. The standard InChI is InChI=1S/C28H25F3N2O5/c1-32(2)19-11-8-16(9-12-19)24-23(25(34)17-10-13-21(37-3)22(14-17)38-4)26(35)27(36)33(24)20-7-5-6-18(15-20)28(29,30)31/h5-15,24,34H,1-4H3/b25-23+. The fraction of sp³-hybridized carbons (Fsp3) is 0.214. The summed E-state index contributed by atoms with van der Waals surface area (Å²) in [5.41, 5.74) is 0.0456. The summed E-state index contributed by atoms with van der Waals surface area (Å²) in [6.45, 7) is 0. The number of anilines is 2. The minimum Gasteiger partial charge on any atom is -0.507 e. The number of ketones is 1. The van der Waals surface area contributed by atoms with Gasteiger partial charge >= 0.3 is 6.18 Å². The number of alkyl halides is 3. The highest BCUT2D eigenvalue weighted by Crippen LogP contribution is 2.44. The SMILES string of the molecule is COc1ccc(/C(O)=C2\C(=O)C(=O)N(c3cccc(C(F)(F)F)c3)C2c2ccc(N(C)C)cc2)cc1OC. The Balaban J connectivity index is 1.95. The van der Waals surface area contributed by atoms with Gasteiger partial charge in [0.25, 0.3) is 11.7 Å². The summed E-state index contributed by atoms with van der Waals surface area (Å²) in [6.07, 6.45) is -4.66. The number of aliphatic hydroxyl groups is 1. The number of amides is 1. The molecule has 10 heteroatoms. The van der Waals surface area contributed by atoms with Crippen LogP contribution in [0.3, 0.4) is 0 Å². The van der Waals surface area contributed by atoms with E-state index in [0.717, 1.165) is 28.8 Å². The van der Waals surface area contributed by atoms with E-state index in [-0.39, 0.29) is 22.6 Å². The van der Waals surface area contributed by atoms with Crippen LogP contribution < -0.4 is 19.3 Å². The summed E-state index contributed by atoms with van der Waals surface area (Å²) in [4.78, 5) is 29.4. The summed E-state index contributed by atoms with van der Waals surface area (Å²) < 4.78 is 51.0. The molecule has 3 aromatic rings. The van der Waals surface area contributed by atoms with Gasteiger partial charge in [-0.15, -0.1) is 0 Å². The monoisotopic (exact) mass is 526 g/mol. The van der Waals surface area contributed by atoms with Gasteiger partial charge in [-0.3, -0.25) is 14.5 Å². The lowest BCUT2D eigenvalue weighted by Crippen LogP contribution is -2.29. The topological polar surface area (TPSA) is 79.3 Å². The molecule has 198 valence electrons. The Kier molecular flexibility index (Phi) is 7.08. The number of methoxy groups -OCH3 is 2. The van der Waals surface area contributed by atoms with Gasteiger partial charge in [-0.25, -0.2) is 0 Å². The first-order chi connectivity index (χ1) is 18.0. The van der Waals surface area contributed by atoms with Crippen LogP contribution in [0, 0.1) is 0 Å². The van der Waals surface area contributed by atoms with E-state index in [1.165, 1.54) is 38.5 Å². The third kappa shape index (κ3) is 4.77. The number of carbonyl (C=O) groups is 2. The van der Waals surface area contributed by atoms with E-state index in [1.54, 1.807) is 24.3 Å². The molecule has 1 aliphatic heterocycles. The number of carbonyl (C=O) groups excluding carboxylic acids is 2. The first kappa shape index (κ1) is 26.6. The van der Waals surface area contributed by atoms with Crippen molar-refractivity contribution >= 4 is 28.8 Å². The minimum absolute atomic E-state index is 0.130. The second kappa shape index (κ2) is 10.1. The van der Waals surface area contributed by atoms with Crippen molar-refractivity contribution in [1.82, 2.24) is 0 Å². The van der Waals surface area contributed by atoms with Crippen LogP contribution in [0.25, 0.3) is 5.76 Å². The first-order valence-corrected chi connectivity index (χ1v) is 11.5. The molecule has 0 saturated carbocycles. The van der Waals surface area contributed by atoms with Gasteiger partial charge in [0.15, 0.2) is 11.5 Å². The molecule has 1 amide bonds. The van der Waals surface area contributed by atoms with Crippen LogP contribution in [0.1, 0.15) is 22.7 Å². The predicted molar refractivity (Wildman–Crippen MR) is 137 cm³/mol. The van der Waals surface area contributed by atoms with E-state index < -0.39 is 35.2 Å². The fourth-order valence-electron chi connectivity index (χ4n) is 4.34. The Morgan fingerprint density at radius 3 is 2.16 bits per heavy atom. The van der Waals surface area contributed by atoms with E-state index in [4.69, 9.17) is 9.47 Å². The maximum atomic E-state index is 13.5. The van der Waals surface area contributed by atoms with Crippen LogP contribution in [0.5, 0.6) is 11.5 Å². The number of Topliss-reactive ketones (excluding diaryl/α,β-unsaturated/α-hetero) is 1. The average Bonchev–Trinajstić information content (AvgIpc) is 3.17. The number of halogens is 3. The molecule has 4 rings (SSSR count). The Hall–Kier alpha value is -4.47. The first-order valence-electron chi connectivity index (χ1n) is 11.5. The van der Waals surface area contributed by atoms with Crippen LogP contribution >= 0.6 is 0 Å². The van der Waals surface area contributed by atoms with Gasteiger partial charge in [0.2, 0.25) is 0 Å². The van der Waals surface area contributed by atoms with Gasteiger partial charge < -0.3 is 19.5 Å². The van der Waals surface area contributed by atoms with E-state index in [1.807, 2.05) is 19.0 Å². The third-order valence-electron chi connectivity index (χ3n) is 6.28. The molecular weight excluding hydrogens is 501 g/mol. The molecule has 1 unspecified atom stereocenters. The Labute approximate surface area is 217 Å². The summed E-state index contributed by atoms with van der Waals surface area (Å²) in [6, 6.07) is 14.3. The lowest BCUT2D eigenvalue weighted by molar-refractivity contribution is -0.137. The minimum atomic E-state index is -4.66. The van der Waals surface area contributed by atoms with Crippen LogP contribution in [-0.2, 0) is 15.8 Å². The highest BCUT2D eigenvalue weighted by Gasteiger charge is 2.47. The number of rotatable bonds is 6. The van der Waals surface area contributed by atoms with Crippen LogP contribution in [-0.4, -0.2) is 45.1 Å². The Morgan fingerprint density at radius 1 is 0.921 bits per heavy atom. The van der Waals surface area contributed by atoms with E-state index in [2.05, 4.69) is 0 Å². The number of benzene rings is 3. The lowest BCUT2D eigenvalue weighted by Gasteiger charge is -2.26. The van der Waals surface area contributed by atoms with Crippen LogP contribution in [0.4, 0.5) is 24.5 Å². The molecule has 0 aromatic heterocycles. The molecule has 0 radical (unpaired) electrons. The molecule has 1 N–H and O–H groups in total. The molecule has 0 spiro atoms. The van der Waals surface area contributed by atoms with Crippen molar-refractivity contribution in [3.8, 4) is 11.5 Å². The average molecular weight is 527 g/mol. The lowest BCUT2D eigenvalue weighted by atomic mass is 9.94. The molecule has 0 bridgehead atoms. The maximum Gasteiger partial charge on any atom is 0.416 e. The van der Waals surface area contributed by atoms with Crippen LogP contribution in [0.15, 0.2) is 72.3 Å². The summed E-state index contributed by atoms with van der Waals surface area (Å²) >= 11 is 0. The van der Waals surface area contributed by atoms with E-state index in [9.17, 15) is 27.9 Å². The molecule has 1 atom stereocenters. The fourth-order valence-corrected chi connectivity index (χ4v) is 4.34. The highest BCUT2D eigenvalue weighted by molar-refractivity contribution is 6.51. The van der Waals surface area contributed by atoms with Crippen molar-refractivity contribution in [3.63, 3.8) is 0 Å². The van der Waals surface area contributed by atoms with Crippen molar-refractivity contribution in [2.45, 2.75) is 12.2 Å². The van der Waals surface area contributed by atoms with Gasteiger partial charge in [0, 0.05) is 31.0 Å². The molecule has 1 heterocycles. The van der Waals surface area contributed by atoms with Gasteiger partial charge in [-0.2, -0.15) is 13.2 Å². The van der Waals surface area contributed by atoms with E-state index >= 15 is 0 Å². The van der Waals surface area contributed by atoms with Gasteiger partial charge in [-0.1, -0.05) is 18.2 Å². The second-order valence-corrected chi connectivity index (χ2v) is 8.77. The smallest absolute Gasteiger partial charge is 0.416 e. The van der Waals surface area contributed by atoms with Crippen molar-refractivity contribution in [1.29, 1.82) is 0 Å².